The quantitative estimate of drug-likeness (QED) is 0.736. The van der Waals surface area contributed by atoms with Crippen LogP contribution in [0.15, 0.2) is 34.8 Å². The predicted molar refractivity (Wildman–Crippen MR) is 80.8 cm³/mol. The van der Waals surface area contributed by atoms with E-state index < -0.39 is 11.8 Å². The Labute approximate surface area is 138 Å². The van der Waals surface area contributed by atoms with Crippen LogP contribution in [0.5, 0.6) is 11.5 Å². The molecule has 0 aliphatic carbocycles. The second kappa shape index (κ2) is 6.14. The van der Waals surface area contributed by atoms with E-state index in [0.717, 1.165) is 0 Å². The van der Waals surface area contributed by atoms with Gasteiger partial charge in [-0.25, -0.2) is 9.18 Å². The molecule has 114 valence electrons. The van der Waals surface area contributed by atoms with E-state index in [4.69, 9.17) is 25.8 Å². The third-order valence-corrected chi connectivity index (χ3v) is 3.78. The summed E-state index contributed by atoms with van der Waals surface area (Å²) >= 11 is 9.16. The molecule has 0 atom stereocenters. The van der Waals surface area contributed by atoms with Crippen molar-refractivity contribution in [2.45, 2.75) is 6.61 Å². The molecule has 22 heavy (non-hydrogen) atoms. The number of carbonyl (C=O) groups is 1. The van der Waals surface area contributed by atoms with E-state index in [9.17, 15) is 9.18 Å². The molecule has 0 amide bonds. The van der Waals surface area contributed by atoms with Crippen molar-refractivity contribution in [2.75, 3.05) is 6.79 Å². The van der Waals surface area contributed by atoms with Gasteiger partial charge in [0.25, 0.3) is 0 Å². The van der Waals surface area contributed by atoms with Gasteiger partial charge < -0.3 is 14.2 Å². The average Bonchev–Trinajstić information content (AvgIpc) is 2.93. The molecule has 1 aliphatic rings. The first-order valence-corrected chi connectivity index (χ1v) is 7.42. The summed E-state index contributed by atoms with van der Waals surface area (Å²) < 4.78 is 29.7. The molecule has 0 N–H and O–H groups in total. The molecular formula is C15H9BrClFO4. The third-order valence-electron chi connectivity index (χ3n) is 3.01. The van der Waals surface area contributed by atoms with Crippen LogP contribution in [-0.4, -0.2) is 12.8 Å². The molecule has 0 aromatic heterocycles. The summed E-state index contributed by atoms with van der Waals surface area (Å²) in [4.78, 5) is 11.9. The summed E-state index contributed by atoms with van der Waals surface area (Å²) in [5.74, 6) is -0.439. The van der Waals surface area contributed by atoms with E-state index in [1.165, 1.54) is 12.1 Å². The molecule has 4 nitrogen and oxygen atoms in total. The van der Waals surface area contributed by atoms with E-state index in [1.54, 1.807) is 18.2 Å². The summed E-state index contributed by atoms with van der Waals surface area (Å²) in [5.41, 5.74) is 0.496. The van der Waals surface area contributed by atoms with Crippen LogP contribution in [0.25, 0.3) is 0 Å². The number of carbonyl (C=O) groups excluding carboxylic acids is 1. The normalized spacial score (nSPS) is 12.3. The van der Waals surface area contributed by atoms with Gasteiger partial charge in [0.05, 0.1) is 10.6 Å². The molecule has 0 saturated carbocycles. The number of rotatable bonds is 3. The fourth-order valence-corrected chi connectivity index (χ4v) is 2.61. The van der Waals surface area contributed by atoms with Crippen molar-refractivity contribution in [1.29, 1.82) is 0 Å². The maximum atomic E-state index is 13.7. The van der Waals surface area contributed by atoms with Gasteiger partial charge in [0.2, 0.25) is 6.79 Å². The summed E-state index contributed by atoms with van der Waals surface area (Å²) in [6.45, 7) is 0.0487. The molecule has 0 bridgehead atoms. The Bertz CT molecular complexity index is 751. The maximum absolute atomic E-state index is 13.7. The Morgan fingerprint density at radius 3 is 2.91 bits per heavy atom. The van der Waals surface area contributed by atoms with Crippen LogP contribution < -0.4 is 9.47 Å². The number of hydrogen-bond donors (Lipinski definition) is 0. The van der Waals surface area contributed by atoms with Crippen molar-refractivity contribution in [3.8, 4) is 11.5 Å². The summed E-state index contributed by atoms with van der Waals surface area (Å²) in [6, 6.07) is 7.40. The predicted octanol–water partition coefficient (Wildman–Crippen LogP) is 4.33. The fourth-order valence-electron chi connectivity index (χ4n) is 1.99. The van der Waals surface area contributed by atoms with E-state index in [1.807, 2.05) is 0 Å². The van der Waals surface area contributed by atoms with Crippen molar-refractivity contribution in [3.63, 3.8) is 0 Å². The first kappa shape index (κ1) is 15.1. The van der Waals surface area contributed by atoms with Gasteiger partial charge in [0.1, 0.15) is 12.4 Å². The van der Waals surface area contributed by atoms with E-state index >= 15 is 0 Å². The van der Waals surface area contributed by atoms with Crippen LogP contribution in [0.2, 0.25) is 5.02 Å². The maximum Gasteiger partial charge on any atom is 0.341 e. The van der Waals surface area contributed by atoms with Crippen LogP contribution in [0.1, 0.15) is 15.9 Å². The van der Waals surface area contributed by atoms with Crippen LogP contribution in [0, 0.1) is 5.82 Å². The van der Waals surface area contributed by atoms with Crippen molar-refractivity contribution in [3.05, 3.63) is 56.8 Å². The number of hydrogen-bond acceptors (Lipinski definition) is 4. The number of benzene rings is 2. The first-order chi connectivity index (χ1) is 10.5. The number of fused-ring (bicyclic) bond motifs is 1. The molecule has 2 aromatic rings. The topological polar surface area (TPSA) is 44.8 Å². The van der Waals surface area contributed by atoms with E-state index in [2.05, 4.69) is 15.9 Å². The molecule has 2 aromatic carbocycles. The molecule has 0 spiro atoms. The molecule has 7 heteroatoms. The van der Waals surface area contributed by atoms with Crippen LogP contribution in [0.3, 0.4) is 0 Å². The van der Waals surface area contributed by atoms with Crippen LogP contribution in [0.4, 0.5) is 4.39 Å². The van der Waals surface area contributed by atoms with E-state index in [0.29, 0.717) is 26.6 Å². The highest BCUT2D eigenvalue weighted by Gasteiger charge is 2.19. The first-order valence-electron chi connectivity index (χ1n) is 6.25. The standard InChI is InChI=1S/C15H9BrClFO4/c16-9-1-2-10(12(18)5-9)15(19)20-6-8-3-11(17)14-13(4-8)21-7-22-14/h1-5H,6-7H2. The van der Waals surface area contributed by atoms with Crippen LogP contribution in [-0.2, 0) is 11.3 Å². The lowest BCUT2D eigenvalue weighted by atomic mass is 10.2. The Morgan fingerprint density at radius 2 is 2.14 bits per heavy atom. The Balaban J connectivity index is 1.72. The SMILES string of the molecule is O=C(OCc1cc(Cl)c2c(c1)OCO2)c1ccc(Br)cc1F. The number of halogens is 3. The summed E-state index contributed by atoms with van der Waals surface area (Å²) in [7, 11) is 0. The van der Waals surface area contributed by atoms with E-state index in [-0.39, 0.29) is 19.0 Å². The van der Waals surface area contributed by atoms with Gasteiger partial charge >= 0.3 is 5.97 Å². The Hall–Kier alpha value is -1.79. The lowest BCUT2D eigenvalue weighted by Gasteiger charge is -2.08. The smallest absolute Gasteiger partial charge is 0.341 e. The molecule has 0 saturated heterocycles. The zero-order valence-corrected chi connectivity index (χ0v) is 13.4. The van der Waals surface area contributed by atoms with Gasteiger partial charge in [-0.05, 0) is 35.9 Å². The summed E-state index contributed by atoms with van der Waals surface area (Å²) in [5, 5.41) is 0.371. The molecule has 0 fully saturated rings. The molecule has 0 radical (unpaired) electrons. The Kier molecular flexibility index (Phi) is 4.22. The second-order valence-electron chi connectivity index (χ2n) is 4.51. The monoisotopic (exact) mass is 386 g/mol. The molecular weight excluding hydrogens is 379 g/mol. The highest BCUT2D eigenvalue weighted by atomic mass is 79.9. The minimum atomic E-state index is -0.751. The Morgan fingerprint density at radius 1 is 1.32 bits per heavy atom. The molecule has 3 rings (SSSR count). The van der Waals surface area contributed by atoms with Gasteiger partial charge in [0.15, 0.2) is 11.5 Å². The summed E-state index contributed by atoms with van der Waals surface area (Å²) in [6.07, 6.45) is 0. The fraction of sp³-hybridized carbons (Fsp3) is 0.133. The minimum Gasteiger partial charge on any atom is -0.457 e. The zero-order chi connectivity index (χ0) is 15.7. The minimum absolute atomic E-state index is 0.0509. The van der Waals surface area contributed by atoms with Gasteiger partial charge in [-0.15, -0.1) is 0 Å². The van der Waals surface area contributed by atoms with Crippen molar-refractivity contribution < 1.29 is 23.4 Å². The van der Waals surface area contributed by atoms with Gasteiger partial charge in [-0.2, -0.15) is 0 Å². The van der Waals surface area contributed by atoms with Gasteiger partial charge in [-0.1, -0.05) is 27.5 Å². The van der Waals surface area contributed by atoms with Gasteiger partial charge in [-0.3, -0.25) is 0 Å². The van der Waals surface area contributed by atoms with Crippen molar-refractivity contribution in [1.82, 2.24) is 0 Å². The third kappa shape index (κ3) is 3.03. The largest absolute Gasteiger partial charge is 0.457 e. The highest BCUT2D eigenvalue weighted by Crippen LogP contribution is 2.39. The average molecular weight is 388 g/mol. The lowest BCUT2D eigenvalue weighted by Crippen LogP contribution is -2.07. The lowest BCUT2D eigenvalue weighted by molar-refractivity contribution is 0.0467. The van der Waals surface area contributed by atoms with Crippen molar-refractivity contribution >= 4 is 33.5 Å². The van der Waals surface area contributed by atoms with Gasteiger partial charge in [0, 0.05) is 4.47 Å². The number of esters is 1. The second-order valence-corrected chi connectivity index (χ2v) is 5.83. The van der Waals surface area contributed by atoms with Crippen LogP contribution >= 0.6 is 27.5 Å². The molecule has 1 heterocycles. The van der Waals surface area contributed by atoms with Crippen molar-refractivity contribution in [2.24, 2.45) is 0 Å². The molecule has 1 aliphatic heterocycles. The number of ether oxygens (including phenoxy) is 3. The highest BCUT2D eigenvalue weighted by molar-refractivity contribution is 9.10. The molecule has 0 unspecified atom stereocenters. The zero-order valence-electron chi connectivity index (χ0n) is 11.1.